The van der Waals surface area contributed by atoms with E-state index in [1.807, 2.05) is 31.2 Å². The Morgan fingerprint density at radius 2 is 1.86 bits per heavy atom. The molecular formula is C17H16N2O3. The highest BCUT2D eigenvalue weighted by molar-refractivity contribution is 5.99. The summed E-state index contributed by atoms with van der Waals surface area (Å²) in [5.74, 6) is -0.300. The van der Waals surface area contributed by atoms with E-state index in [4.69, 9.17) is 0 Å². The molecule has 0 bridgehead atoms. The molecule has 0 radical (unpaired) electrons. The topological polar surface area (TPSA) is 63.5 Å². The molecule has 2 aromatic carbocycles. The lowest BCUT2D eigenvalue weighted by Gasteiger charge is -2.22. The first kappa shape index (κ1) is 14.3. The van der Waals surface area contributed by atoms with Gasteiger partial charge in [0.2, 0.25) is 5.91 Å². The first-order chi connectivity index (χ1) is 10.6. The van der Waals surface area contributed by atoms with E-state index in [9.17, 15) is 14.9 Å². The van der Waals surface area contributed by atoms with Gasteiger partial charge in [-0.15, -0.1) is 0 Å². The average Bonchev–Trinajstić information content (AvgIpc) is 2.97. The van der Waals surface area contributed by atoms with Crippen LogP contribution in [0.15, 0.2) is 48.5 Å². The van der Waals surface area contributed by atoms with E-state index in [2.05, 4.69) is 0 Å². The monoisotopic (exact) mass is 296 g/mol. The maximum Gasteiger partial charge on any atom is 0.269 e. The van der Waals surface area contributed by atoms with E-state index in [0.29, 0.717) is 6.54 Å². The van der Waals surface area contributed by atoms with Crippen molar-refractivity contribution in [3.8, 4) is 0 Å². The van der Waals surface area contributed by atoms with Crippen molar-refractivity contribution in [1.82, 2.24) is 0 Å². The Morgan fingerprint density at radius 3 is 2.55 bits per heavy atom. The Hall–Kier alpha value is -2.69. The van der Waals surface area contributed by atoms with Crippen LogP contribution >= 0.6 is 0 Å². The lowest BCUT2D eigenvalue weighted by atomic mass is 9.99. The Kier molecular flexibility index (Phi) is 3.63. The number of hydrogen-bond donors (Lipinski definition) is 0. The number of fused-ring (bicyclic) bond motifs is 1. The fraction of sp³-hybridized carbons (Fsp3) is 0.235. The van der Waals surface area contributed by atoms with Crippen LogP contribution in [0.5, 0.6) is 0 Å². The van der Waals surface area contributed by atoms with Crippen LogP contribution in [-0.4, -0.2) is 17.4 Å². The summed E-state index contributed by atoms with van der Waals surface area (Å²) >= 11 is 0. The third-order valence-corrected chi connectivity index (χ3v) is 4.13. The molecule has 0 unspecified atom stereocenters. The van der Waals surface area contributed by atoms with Crippen LogP contribution in [0.3, 0.4) is 0 Å². The Bertz CT molecular complexity index is 725. The standard InChI is InChI=1S/C17H16N2O3/c1-12(13-6-8-15(9-7-13)19(21)22)17(20)18-11-10-14-4-2-3-5-16(14)18/h2-9,12H,10-11H2,1H3/t12-/m0/s1. The minimum Gasteiger partial charge on any atom is -0.311 e. The molecule has 0 saturated carbocycles. The second-order valence-corrected chi connectivity index (χ2v) is 5.44. The van der Waals surface area contributed by atoms with Crippen molar-refractivity contribution in [2.45, 2.75) is 19.3 Å². The third-order valence-electron chi connectivity index (χ3n) is 4.13. The van der Waals surface area contributed by atoms with E-state index < -0.39 is 4.92 Å². The molecule has 1 aliphatic heterocycles. The zero-order valence-electron chi connectivity index (χ0n) is 12.2. The molecule has 112 valence electrons. The number of nitrogens with zero attached hydrogens (tertiary/aromatic N) is 2. The first-order valence-electron chi connectivity index (χ1n) is 7.21. The summed E-state index contributed by atoms with van der Waals surface area (Å²) in [6, 6.07) is 14.1. The molecule has 0 aromatic heterocycles. The summed E-state index contributed by atoms with van der Waals surface area (Å²) in [5, 5.41) is 10.7. The quantitative estimate of drug-likeness (QED) is 0.645. The predicted octanol–water partition coefficient (Wildman–Crippen LogP) is 3.29. The number of nitro groups is 1. The van der Waals surface area contributed by atoms with Crippen LogP contribution < -0.4 is 4.90 Å². The van der Waals surface area contributed by atoms with Gasteiger partial charge >= 0.3 is 0 Å². The van der Waals surface area contributed by atoms with Gasteiger partial charge < -0.3 is 4.90 Å². The summed E-state index contributed by atoms with van der Waals surface area (Å²) in [6.07, 6.45) is 0.870. The van der Waals surface area contributed by atoms with Crippen LogP contribution in [0, 0.1) is 10.1 Å². The molecule has 0 spiro atoms. The molecule has 0 aliphatic carbocycles. The fourth-order valence-electron chi connectivity index (χ4n) is 2.83. The van der Waals surface area contributed by atoms with E-state index in [-0.39, 0.29) is 17.5 Å². The molecule has 1 amide bonds. The van der Waals surface area contributed by atoms with Crippen LogP contribution in [0.25, 0.3) is 0 Å². The Morgan fingerprint density at radius 1 is 1.18 bits per heavy atom. The minimum atomic E-state index is -0.438. The highest BCUT2D eigenvalue weighted by Crippen LogP contribution is 2.31. The van der Waals surface area contributed by atoms with Gasteiger partial charge in [0.05, 0.1) is 10.8 Å². The van der Waals surface area contributed by atoms with Gasteiger partial charge in [0.15, 0.2) is 0 Å². The van der Waals surface area contributed by atoms with Gasteiger partial charge in [-0.3, -0.25) is 14.9 Å². The summed E-state index contributed by atoms with van der Waals surface area (Å²) in [5.41, 5.74) is 2.99. The zero-order valence-corrected chi connectivity index (χ0v) is 12.2. The third kappa shape index (κ3) is 2.45. The second-order valence-electron chi connectivity index (χ2n) is 5.44. The van der Waals surface area contributed by atoms with Crippen molar-refractivity contribution in [3.63, 3.8) is 0 Å². The summed E-state index contributed by atoms with van der Waals surface area (Å²) < 4.78 is 0. The molecule has 2 aromatic rings. The molecule has 1 aliphatic rings. The van der Waals surface area contributed by atoms with E-state index in [1.54, 1.807) is 17.0 Å². The number of carbonyl (C=O) groups is 1. The number of benzene rings is 2. The Balaban J connectivity index is 1.82. The molecule has 3 rings (SSSR count). The molecule has 5 nitrogen and oxygen atoms in total. The minimum absolute atomic E-state index is 0.0267. The van der Waals surface area contributed by atoms with Crippen molar-refractivity contribution in [3.05, 3.63) is 69.8 Å². The van der Waals surface area contributed by atoms with Crippen LogP contribution in [0.1, 0.15) is 24.0 Å². The predicted molar refractivity (Wildman–Crippen MR) is 84.0 cm³/mol. The number of nitro benzene ring substituents is 1. The van der Waals surface area contributed by atoms with E-state index in [1.165, 1.54) is 17.7 Å². The molecule has 1 heterocycles. The van der Waals surface area contributed by atoms with Crippen LogP contribution in [0.4, 0.5) is 11.4 Å². The fourth-order valence-corrected chi connectivity index (χ4v) is 2.83. The van der Waals surface area contributed by atoms with E-state index >= 15 is 0 Å². The largest absolute Gasteiger partial charge is 0.311 e. The maximum atomic E-state index is 12.7. The van der Waals surface area contributed by atoms with Gasteiger partial charge in [-0.2, -0.15) is 0 Å². The average molecular weight is 296 g/mol. The molecule has 0 saturated heterocycles. The number of hydrogen-bond acceptors (Lipinski definition) is 3. The lowest BCUT2D eigenvalue weighted by Crippen LogP contribution is -2.32. The summed E-state index contributed by atoms with van der Waals surface area (Å²) in [7, 11) is 0. The summed E-state index contributed by atoms with van der Waals surface area (Å²) in [6.45, 7) is 2.53. The number of carbonyl (C=O) groups excluding carboxylic acids is 1. The normalized spacial score (nSPS) is 14.5. The smallest absolute Gasteiger partial charge is 0.269 e. The van der Waals surface area contributed by atoms with Crippen molar-refractivity contribution >= 4 is 17.3 Å². The first-order valence-corrected chi connectivity index (χ1v) is 7.21. The molecule has 1 atom stereocenters. The highest BCUT2D eigenvalue weighted by atomic mass is 16.6. The SMILES string of the molecule is C[C@H](C(=O)N1CCc2ccccc21)c1ccc([N+](=O)[O-])cc1. The molecule has 0 N–H and O–H groups in total. The van der Waals surface area contributed by atoms with Crippen LogP contribution in [-0.2, 0) is 11.2 Å². The van der Waals surface area contributed by atoms with Crippen molar-refractivity contribution in [2.75, 3.05) is 11.4 Å². The van der Waals surface area contributed by atoms with E-state index in [0.717, 1.165) is 17.7 Å². The molecule has 0 fully saturated rings. The van der Waals surface area contributed by atoms with Gasteiger partial charge in [0, 0.05) is 24.4 Å². The maximum absolute atomic E-state index is 12.7. The number of rotatable bonds is 3. The number of anilines is 1. The lowest BCUT2D eigenvalue weighted by molar-refractivity contribution is -0.384. The van der Waals surface area contributed by atoms with Gasteiger partial charge in [-0.1, -0.05) is 30.3 Å². The van der Waals surface area contributed by atoms with Crippen molar-refractivity contribution in [2.24, 2.45) is 0 Å². The van der Waals surface area contributed by atoms with Gasteiger partial charge in [0.25, 0.3) is 5.69 Å². The molecular weight excluding hydrogens is 280 g/mol. The number of non-ortho nitro benzene ring substituents is 1. The van der Waals surface area contributed by atoms with Gasteiger partial charge in [-0.05, 0) is 30.5 Å². The summed E-state index contributed by atoms with van der Waals surface area (Å²) in [4.78, 5) is 24.8. The Labute approximate surface area is 128 Å². The van der Waals surface area contributed by atoms with Gasteiger partial charge in [0.1, 0.15) is 0 Å². The molecule has 22 heavy (non-hydrogen) atoms. The van der Waals surface area contributed by atoms with Gasteiger partial charge in [-0.25, -0.2) is 0 Å². The zero-order chi connectivity index (χ0) is 15.7. The molecule has 5 heteroatoms. The van der Waals surface area contributed by atoms with Crippen molar-refractivity contribution < 1.29 is 9.72 Å². The second kappa shape index (κ2) is 5.60. The highest BCUT2D eigenvalue weighted by Gasteiger charge is 2.28. The number of para-hydroxylation sites is 1. The van der Waals surface area contributed by atoms with Crippen molar-refractivity contribution in [1.29, 1.82) is 0 Å². The van der Waals surface area contributed by atoms with Crippen LogP contribution in [0.2, 0.25) is 0 Å². The number of amides is 1.